The van der Waals surface area contributed by atoms with E-state index in [2.05, 4.69) is 15.9 Å². The molecule has 3 heteroatoms. The van der Waals surface area contributed by atoms with Gasteiger partial charge in [-0.15, -0.1) is 0 Å². The molecule has 0 spiro atoms. The number of carbonyl (C=O) groups excluding carboxylic acids is 1. The molecule has 1 saturated carbocycles. The number of benzene rings is 1. The van der Waals surface area contributed by atoms with E-state index in [4.69, 9.17) is 4.74 Å². The van der Waals surface area contributed by atoms with Crippen LogP contribution in [0.15, 0.2) is 22.7 Å². The van der Waals surface area contributed by atoms with E-state index in [0.29, 0.717) is 12.3 Å². The molecule has 0 aliphatic heterocycles. The minimum Gasteiger partial charge on any atom is -0.497 e. The van der Waals surface area contributed by atoms with Crippen LogP contribution in [-0.4, -0.2) is 12.9 Å². The molecule has 2 rings (SSSR count). The van der Waals surface area contributed by atoms with Gasteiger partial charge in [0.2, 0.25) is 0 Å². The Morgan fingerprint density at radius 3 is 2.76 bits per heavy atom. The lowest BCUT2D eigenvalue weighted by Gasteiger charge is -2.10. The molecule has 17 heavy (non-hydrogen) atoms. The summed E-state index contributed by atoms with van der Waals surface area (Å²) in [6.07, 6.45) is 5.63. The van der Waals surface area contributed by atoms with E-state index in [1.165, 1.54) is 25.7 Å². The van der Waals surface area contributed by atoms with Gasteiger partial charge in [-0.25, -0.2) is 0 Å². The van der Waals surface area contributed by atoms with Crippen molar-refractivity contribution in [2.24, 2.45) is 5.92 Å². The van der Waals surface area contributed by atoms with Gasteiger partial charge in [0.15, 0.2) is 5.78 Å². The second-order valence-electron chi connectivity index (χ2n) is 4.62. The van der Waals surface area contributed by atoms with E-state index in [1.807, 2.05) is 18.2 Å². The summed E-state index contributed by atoms with van der Waals surface area (Å²) in [6, 6.07) is 5.55. The number of rotatable bonds is 4. The lowest BCUT2D eigenvalue weighted by molar-refractivity contribution is 0.0961. The molecule has 0 aromatic heterocycles. The quantitative estimate of drug-likeness (QED) is 0.778. The summed E-state index contributed by atoms with van der Waals surface area (Å²) in [5.74, 6) is 1.55. The maximum absolute atomic E-state index is 12.2. The Morgan fingerprint density at radius 2 is 2.12 bits per heavy atom. The highest BCUT2D eigenvalue weighted by Crippen LogP contribution is 2.31. The Balaban J connectivity index is 2.11. The third-order valence-corrected chi connectivity index (χ3v) is 4.11. The van der Waals surface area contributed by atoms with Crippen LogP contribution in [0.1, 0.15) is 42.5 Å². The highest BCUT2D eigenvalue weighted by molar-refractivity contribution is 9.10. The van der Waals surface area contributed by atoms with Crippen molar-refractivity contribution < 1.29 is 9.53 Å². The number of halogens is 1. The Kier molecular flexibility index (Phi) is 4.21. The molecule has 0 radical (unpaired) electrons. The molecule has 1 aliphatic carbocycles. The van der Waals surface area contributed by atoms with Gasteiger partial charge in [-0.3, -0.25) is 4.79 Å². The second-order valence-corrected chi connectivity index (χ2v) is 5.48. The standard InChI is InChI=1S/C14H17BrO2/c1-17-11-6-7-13(15)12(9-11)14(16)8-10-4-2-3-5-10/h6-7,9-10H,2-5,8H2,1H3. The fourth-order valence-corrected chi connectivity index (χ4v) is 2.90. The number of methoxy groups -OCH3 is 1. The highest BCUT2D eigenvalue weighted by Gasteiger charge is 2.20. The molecular formula is C14H17BrO2. The van der Waals surface area contributed by atoms with Gasteiger partial charge in [-0.2, -0.15) is 0 Å². The SMILES string of the molecule is COc1ccc(Br)c(C(=O)CC2CCCC2)c1. The van der Waals surface area contributed by atoms with Gasteiger partial charge in [0.1, 0.15) is 5.75 Å². The van der Waals surface area contributed by atoms with E-state index in [-0.39, 0.29) is 5.78 Å². The molecular weight excluding hydrogens is 280 g/mol. The summed E-state index contributed by atoms with van der Waals surface area (Å²) in [5, 5.41) is 0. The van der Waals surface area contributed by atoms with Crippen molar-refractivity contribution in [3.8, 4) is 5.75 Å². The Bertz CT molecular complexity index is 409. The number of carbonyl (C=O) groups is 1. The third kappa shape index (κ3) is 3.09. The fourth-order valence-electron chi connectivity index (χ4n) is 2.43. The molecule has 0 saturated heterocycles. The van der Waals surface area contributed by atoms with Gasteiger partial charge in [0.05, 0.1) is 7.11 Å². The zero-order chi connectivity index (χ0) is 12.3. The highest BCUT2D eigenvalue weighted by atomic mass is 79.9. The number of ether oxygens (including phenoxy) is 1. The zero-order valence-electron chi connectivity index (χ0n) is 10.0. The van der Waals surface area contributed by atoms with Crippen LogP contribution in [0.4, 0.5) is 0 Å². The van der Waals surface area contributed by atoms with Crippen LogP contribution in [0, 0.1) is 5.92 Å². The number of ketones is 1. The van der Waals surface area contributed by atoms with Crippen molar-refractivity contribution in [1.82, 2.24) is 0 Å². The third-order valence-electron chi connectivity index (χ3n) is 3.42. The molecule has 0 bridgehead atoms. The van der Waals surface area contributed by atoms with Crippen molar-refractivity contribution in [1.29, 1.82) is 0 Å². The topological polar surface area (TPSA) is 26.3 Å². The summed E-state index contributed by atoms with van der Waals surface area (Å²) in [4.78, 5) is 12.2. The summed E-state index contributed by atoms with van der Waals surface area (Å²) in [7, 11) is 1.62. The molecule has 0 atom stereocenters. The average Bonchev–Trinajstić information content (AvgIpc) is 2.82. The molecule has 1 aromatic carbocycles. The largest absolute Gasteiger partial charge is 0.497 e. The van der Waals surface area contributed by atoms with Crippen LogP contribution in [0.2, 0.25) is 0 Å². The van der Waals surface area contributed by atoms with Crippen LogP contribution in [0.25, 0.3) is 0 Å². The molecule has 1 aromatic rings. The van der Waals surface area contributed by atoms with Gasteiger partial charge in [0.25, 0.3) is 0 Å². The van der Waals surface area contributed by atoms with E-state index >= 15 is 0 Å². The van der Waals surface area contributed by atoms with E-state index in [9.17, 15) is 4.79 Å². The smallest absolute Gasteiger partial charge is 0.164 e. The minimum absolute atomic E-state index is 0.225. The van der Waals surface area contributed by atoms with Gasteiger partial charge in [0, 0.05) is 16.5 Å². The van der Waals surface area contributed by atoms with Crippen LogP contribution in [-0.2, 0) is 0 Å². The number of Topliss-reactive ketones (excluding diaryl/α,β-unsaturated/α-hetero) is 1. The van der Waals surface area contributed by atoms with Crippen molar-refractivity contribution in [2.75, 3.05) is 7.11 Å². The maximum Gasteiger partial charge on any atom is 0.164 e. The first-order valence-electron chi connectivity index (χ1n) is 6.07. The molecule has 2 nitrogen and oxygen atoms in total. The predicted octanol–water partition coefficient (Wildman–Crippen LogP) is 4.22. The summed E-state index contributed by atoms with van der Waals surface area (Å²) in [5.41, 5.74) is 0.747. The molecule has 0 N–H and O–H groups in total. The second kappa shape index (κ2) is 5.67. The van der Waals surface area contributed by atoms with Gasteiger partial charge >= 0.3 is 0 Å². The van der Waals surface area contributed by atoms with Crippen molar-refractivity contribution in [3.63, 3.8) is 0 Å². The van der Waals surface area contributed by atoms with Crippen molar-refractivity contribution in [3.05, 3.63) is 28.2 Å². The Labute approximate surface area is 110 Å². The lowest BCUT2D eigenvalue weighted by Crippen LogP contribution is -2.06. The first kappa shape index (κ1) is 12.6. The molecule has 0 unspecified atom stereocenters. The zero-order valence-corrected chi connectivity index (χ0v) is 11.6. The summed E-state index contributed by atoms with van der Waals surface area (Å²) in [6.45, 7) is 0. The number of hydrogen-bond acceptors (Lipinski definition) is 2. The summed E-state index contributed by atoms with van der Waals surface area (Å²) >= 11 is 3.43. The maximum atomic E-state index is 12.2. The molecule has 0 heterocycles. The monoisotopic (exact) mass is 296 g/mol. The predicted molar refractivity (Wildman–Crippen MR) is 71.6 cm³/mol. The van der Waals surface area contributed by atoms with E-state index in [0.717, 1.165) is 15.8 Å². The van der Waals surface area contributed by atoms with Crippen molar-refractivity contribution >= 4 is 21.7 Å². The fraction of sp³-hybridized carbons (Fsp3) is 0.500. The number of hydrogen-bond donors (Lipinski definition) is 0. The molecule has 1 aliphatic rings. The normalized spacial score (nSPS) is 16.1. The van der Waals surface area contributed by atoms with E-state index < -0.39 is 0 Å². The lowest BCUT2D eigenvalue weighted by atomic mass is 9.97. The molecule has 0 amide bonds. The van der Waals surface area contributed by atoms with Crippen LogP contribution in [0.3, 0.4) is 0 Å². The van der Waals surface area contributed by atoms with Gasteiger partial charge < -0.3 is 4.74 Å². The average molecular weight is 297 g/mol. The Hall–Kier alpha value is -0.830. The molecule has 92 valence electrons. The van der Waals surface area contributed by atoms with Crippen molar-refractivity contribution in [2.45, 2.75) is 32.1 Å². The van der Waals surface area contributed by atoms with Crippen LogP contribution < -0.4 is 4.74 Å². The van der Waals surface area contributed by atoms with Gasteiger partial charge in [-0.1, -0.05) is 41.6 Å². The van der Waals surface area contributed by atoms with Crippen LogP contribution in [0.5, 0.6) is 5.75 Å². The van der Waals surface area contributed by atoms with E-state index in [1.54, 1.807) is 7.11 Å². The minimum atomic E-state index is 0.225. The van der Waals surface area contributed by atoms with Crippen LogP contribution >= 0.6 is 15.9 Å². The molecule has 1 fully saturated rings. The first-order chi connectivity index (χ1) is 8.20. The Morgan fingerprint density at radius 1 is 1.41 bits per heavy atom. The van der Waals surface area contributed by atoms with Gasteiger partial charge in [-0.05, 0) is 24.1 Å². The first-order valence-corrected chi connectivity index (χ1v) is 6.86. The summed E-state index contributed by atoms with van der Waals surface area (Å²) < 4.78 is 6.02.